The zero-order chi connectivity index (χ0) is 16.4. The monoisotopic (exact) mass is 368 g/mol. The van der Waals surface area contributed by atoms with Gasteiger partial charge in [-0.3, -0.25) is 15.0 Å². The zero-order valence-electron chi connectivity index (χ0n) is 9.65. The molecule has 0 aliphatic rings. The van der Waals surface area contributed by atoms with Crippen molar-refractivity contribution in [1.82, 2.24) is 4.89 Å². The van der Waals surface area contributed by atoms with Crippen molar-refractivity contribution in [1.29, 1.82) is 0 Å². The number of nitrogens with one attached hydrogen (secondary N) is 1. The van der Waals surface area contributed by atoms with E-state index in [9.17, 15) is 31.7 Å². The molecule has 0 heterocycles. The molecule has 7 nitrogen and oxygen atoms in total. The molecule has 21 heavy (non-hydrogen) atoms. The van der Waals surface area contributed by atoms with E-state index < -0.39 is 48.4 Å². The van der Waals surface area contributed by atoms with Crippen LogP contribution in [0, 0.1) is 10.1 Å². The highest BCUT2D eigenvalue weighted by molar-refractivity contribution is 7.89. The maximum atomic E-state index is 11.8. The summed E-state index contributed by atoms with van der Waals surface area (Å²) < 4.78 is 58.9. The molecule has 0 amide bonds. The standard InChI is InChI=1S/C8H5Cl2F3N2O5S/c9-4-1-2-5(6(10)7(4)15(16)17)21(18,19)14-20-3-8(11,12)13/h1-2,14H,3H2. The highest BCUT2D eigenvalue weighted by atomic mass is 35.5. The SMILES string of the molecule is O=[N+]([O-])c1c(Cl)ccc(S(=O)(=O)NOCC(F)(F)F)c1Cl. The van der Waals surface area contributed by atoms with Gasteiger partial charge in [0.05, 0.1) is 4.92 Å². The molecule has 0 radical (unpaired) electrons. The van der Waals surface area contributed by atoms with Gasteiger partial charge < -0.3 is 0 Å². The van der Waals surface area contributed by atoms with E-state index in [1.807, 2.05) is 0 Å². The van der Waals surface area contributed by atoms with Gasteiger partial charge in [0.1, 0.15) is 14.9 Å². The van der Waals surface area contributed by atoms with E-state index in [2.05, 4.69) is 4.84 Å². The van der Waals surface area contributed by atoms with Crippen molar-refractivity contribution in [2.24, 2.45) is 0 Å². The Kier molecular flexibility index (Phi) is 5.39. The molecule has 0 unspecified atom stereocenters. The summed E-state index contributed by atoms with van der Waals surface area (Å²) in [6.45, 7) is -1.89. The lowest BCUT2D eigenvalue weighted by Crippen LogP contribution is -2.29. The molecule has 0 saturated heterocycles. The summed E-state index contributed by atoms with van der Waals surface area (Å²) >= 11 is 11.0. The molecule has 0 fully saturated rings. The van der Waals surface area contributed by atoms with Gasteiger partial charge in [0.15, 0.2) is 6.61 Å². The van der Waals surface area contributed by atoms with Crippen molar-refractivity contribution in [3.05, 3.63) is 32.3 Å². The van der Waals surface area contributed by atoms with Crippen molar-refractivity contribution in [3.8, 4) is 0 Å². The molecule has 13 heteroatoms. The lowest BCUT2D eigenvalue weighted by molar-refractivity contribution is -0.384. The Morgan fingerprint density at radius 2 is 1.90 bits per heavy atom. The minimum Gasteiger partial charge on any atom is -0.277 e. The minimum atomic E-state index is -4.77. The third kappa shape index (κ3) is 4.68. The van der Waals surface area contributed by atoms with Crippen LogP contribution in [0.25, 0.3) is 0 Å². The molecule has 0 aromatic heterocycles. The third-order valence-corrected chi connectivity index (χ3v) is 3.96. The van der Waals surface area contributed by atoms with Gasteiger partial charge in [-0.2, -0.15) is 13.2 Å². The molecule has 1 aromatic carbocycles. The number of sulfonamides is 1. The van der Waals surface area contributed by atoms with Crippen molar-refractivity contribution >= 4 is 38.9 Å². The molecule has 1 aromatic rings. The summed E-state index contributed by atoms with van der Waals surface area (Å²) in [6.07, 6.45) is -4.77. The molecule has 0 atom stereocenters. The number of alkyl halides is 3. The van der Waals surface area contributed by atoms with E-state index >= 15 is 0 Å². The second-order valence-corrected chi connectivity index (χ2v) is 5.85. The first kappa shape index (κ1) is 17.9. The fourth-order valence-corrected chi connectivity index (χ4v) is 2.83. The molecular weight excluding hydrogens is 364 g/mol. The molecule has 0 aliphatic heterocycles. The Hall–Kier alpha value is -1.14. The number of hydrogen-bond acceptors (Lipinski definition) is 5. The molecular formula is C8H5Cl2F3N2O5S. The molecule has 0 saturated carbocycles. The number of nitrogens with zero attached hydrogens (tertiary/aromatic N) is 1. The molecule has 1 N–H and O–H groups in total. The average molecular weight is 369 g/mol. The van der Waals surface area contributed by atoms with Crippen LogP contribution in [0.3, 0.4) is 0 Å². The summed E-state index contributed by atoms with van der Waals surface area (Å²) in [5.74, 6) is 0. The number of halogens is 5. The maximum absolute atomic E-state index is 11.8. The van der Waals surface area contributed by atoms with Crippen LogP contribution in [0.1, 0.15) is 0 Å². The van der Waals surface area contributed by atoms with Gasteiger partial charge in [0, 0.05) is 0 Å². The summed E-state index contributed by atoms with van der Waals surface area (Å²) in [4.78, 5) is 13.8. The van der Waals surface area contributed by atoms with Crippen LogP contribution in [-0.2, 0) is 14.9 Å². The topological polar surface area (TPSA) is 98.5 Å². The summed E-state index contributed by atoms with van der Waals surface area (Å²) in [6, 6.07) is 1.65. The first-order valence-electron chi connectivity index (χ1n) is 4.78. The summed E-state index contributed by atoms with van der Waals surface area (Å²) in [5.41, 5.74) is -0.892. The maximum Gasteiger partial charge on any atom is 0.413 e. The van der Waals surface area contributed by atoms with Crippen molar-refractivity contribution in [3.63, 3.8) is 0 Å². The van der Waals surface area contributed by atoms with E-state index in [1.54, 1.807) is 0 Å². The van der Waals surface area contributed by atoms with Crippen molar-refractivity contribution < 1.29 is 31.3 Å². The second-order valence-electron chi connectivity index (χ2n) is 3.46. The Morgan fingerprint density at radius 1 is 1.33 bits per heavy atom. The Labute approximate surface area is 125 Å². The van der Waals surface area contributed by atoms with Gasteiger partial charge >= 0.3 is 11.9 Å². The van der Waals surface area contributed by atoms with Gasteiger partial charge in [-0.05, 0) is 12.1 Å². The lowest BCUT2D eigenvalue weighted by Gasteiger charge is -2.10. The van der Waals surface area contributed by atoms with E-state index in [0.29, 0.717) is 0 Å². The molecule has 1 rings (SSSR count). The number of benzene rings is 1. The van der Waals surface area contributed by atoms with E-state index in [4.69, 9.17) is 23.2 Å². The van der Waals surface area contributed by atoms with Crippen LogP contribution >= 0.6 is 23.2 Å². The fourth-order valence-electron chi connectivity index (χ4n) is 1.13. The van der Waals surface area contributed by atoms with Crippen LogP contribution in [0.5, 0.6) is 0 Å². The Bertz CT molecular complexity index is 665. The van der Waals surface area contributed by atoms with Crippen LogP contribution in [-0.4, -0.2) is 26.1 Å². The van der Waals surface area contributed by atoms with Crippen LogP contribution in [0.2, 0.25) is 10.0 Å². The van der Waals surface area contributed by atoms with Crippen LogP contribution < -0.4 is 4.89 Å². The molecule has 0 bridgehead atoms. The van der Waals surface area contributed by atoms with Gasteiger partial charge in [-0.15, -0.1) is 0 Å². The predicted octanol–water partition coefficient (Wildman–Crippen LogP) is 2.67. The van der Waals surface area contributed by atoms with Crippen LogP contribution in [0.15, 0.2) is 17.0 Å². The summed E-state index contributed by atoms with van der Waals surface area (Å²) in [7, 11) is -4.65. The quantitative estimate of drug-likeness (QED) is 0.636. The Morgan fingerprint density at radius 3 is 2.38 bits per heavy atom. The Balaban J connectivity index is 3.10. The number of hydrogen-bond donors (Lipinski definition) is 1. The fraction of sp³-hybridized carbons (Fsp3) is 0.250. The highest BCUT2D eigenvalue weighted by Crippen LogP contribution is 2.37. The number of nitro groups is 1. The summed E-state index contributed by atoms with van der Waals surface area (Å²) in [5, 5.41) is 9.43. The van der Waals surface area contributed by atoms with Gasteiger partial charge in [0.2, 0.25) is 0 Å². The van der Waals surface area contributed by atoms with Crippen molar-refractivity contribution in [2.75, 3.05) is 6.61 Å². The van der Waals surface area contributed by atoms with Gasteiger partial charge in [0.25, 0.3) is 10.0 Å². The average Bonchev–Trinajstić information content (AvgIpc) is 2.25. The lowest BCUT2D eigenvalue weighted by atomic mass is 10.3. The van der Waals surface area contributed by atoms with E-state index in [1.165, 1.54) is 0 Å². The van der Waals surface area contributed by atoms with E-state index in [-0.39, 0.29) is 0 Å². The van der Waals surface area contributed by atoms with Gasteiger partial charge in [-0.1, -0.05) is 28.1 Å². The third-order valence-electron chi connectivity index (χ3n) is 1.91. The molecule has 0 spiro atoms. The zero-order valence-corrected chi connectivity index (χ0v) is 12.0. The van der Waals surface area contributed by atoms with Crippen LogP contribution in [0.4, 0.5) is 18.9 Å². The highest BCUT2D eigenvalue weighted by Gasteiger charge is 2.31. The predicted molar refractivity (Wildman–Crippen MR) is 65.4 cm³/mol. The molecule has 118 valence electrons. The molecule has 0 aliphatic carbocycles. The van der Waals surface area contributed by atoms with Crippen molar-refractivity contribution in [2.45, 2.75) is 11.1 Å². The second kappa shape index (κ2) is 6.32. The first-order valence-corrected chi connectivity index (χ1v) is 7.02. The first-order chi connectivity index (χ1) is 9.46. The minimum absolute atomic E-state index is 0.430. The normalized spacial score (nSPS) is 12.4. The van der Waals surface area contributed by atoms with E-state index in [0.717, 1.165) is 17.0 Å². The van der Waals surface area contributed by atoms with Gasteiger partial charge in [-0.25, -0.2) is 8.42 Å². The number of rotatable bonds is 5. The smallest absolute Gasteiger partial charge is 0.277 e. The number of nitro benzene ring substituents is 1. The largest absolute Gasteiger partial charge is 0.413 e.